The second kappa shape index (κ2) is 6.03. The number of likely N-dealkylation sites (N-methyl/N-ethyl adjacent to an activating group) is 1. The van der Waals surface area contributed by atoms with Crippen LogP contribution in [0.2, 0.25) is 0 Å². The van der Waals surface area contributed by atoms with E-state index < -0.39 is 10.0 Å². The molecule has 0 saturated carbocycles. The summed E-state index contributed by atoms with van der Waals surface area (Å²) in [7, 11) is -1.59. The molecule has 0 spiro atoms. The topological polar surface area (TPSA) is 66.5 Å². The summed E-state index contributed by atoms with van der Waals surface area (Å²) in [6.45, 7) is 3.37. The predicted octanol–water partition coefficient (Wildman–Crippen LogP) is 1.26. The maximum absolute atomic E-state index is 12.3. The van der Waals surface area contributed by atoms with E-state index >= 15 is 0 Å². The van der Waals surface area contributed by atoms with Crippen LogP contribution >= 0.6 is 0 Å². The van der Waals surface area contributed by atoms with Crippen LogP contribution in [0.3, 0.4) is 0 Å². The normalized spacial score (nSPS) is 20.2. The number of sulfonamides is 1. The summed E-state index contributed by atoms with van der Waals surface area (Å²) in [5, 5.41) is 0. The van der Waals surface area contributed by atoms with Crippen molar-refractivity contribution in [2.75, 3.05) is 20.1 Å². The Hall–Kier alpha value is -1.24. The zero-order valence-corrected chi connectivity index (χ0v) is 12.6. The summed E-state index contributed by atoms with van der Waals surface area (Å²) in [6, 6.07) is 6.17. The molecule has 1 aliphatic rings. The van der Waals surface area contributed by atoms with E-state index in [1.54, 1.807) is 19.1 Å². The third-order valence-corrected chi connectivity index (χ3v) is 5.02. The summed E-state index contributed by atoms with van der Waals surface area (Å²) in [5.74, 6) is -0.0531. The van der Waals surface area contributed by atoms with Crippen LogP contribution in [0, 0.1) is 0 Å². The Morgan fingerprint density at radius 1 is 1.45 bits per heavy atom. The Morgan fingerprint density at radius 2 is 2.20 bits per heavy atom. The van der Waals surface area contributed by atoms with Gasteiger partial charge in [0.1, 0.15) is 0 Å². The molecule has 1 aromatic carbocycles. The highest BCUT2D eigenvalue weighted by Crippen LogP contribution is 2.15. The van der Waals surface area contributed by atoms with Crippen LogP contribution < -0.4 is 4.72 Å². The van der Waals surface area contributed by atoms with Gasteiger partial charge in [-0.2, -0.15) is 0 Å². The van der Waals surface area contributed by atoms with Crippen LogP contribution in [0.1, 0.15) is 30.1 Å². The monoisotopic (exact) mass is 296 g/mol. The van der Waals surface area contributed by atoms with Crippen molar-refractivity contribution in [3.63, 3.8) is 0 Å². The maximum atomic E-state index is 12.3. The minimum atomic E-state index is -3.56. The molecule has 0 aliphatic carbocycles. The van der Waals surface area contributed by atoms with Crippen LogP contribution in [0.25, 0.3) is 0 Å². The fourth-order valence-corrected chi connectivity index (χ4v) is 3.67. The molecule has 20 heavy (non-hydrogen) atoms. The molecule has 110 valence electrons. The van der Waals surface area contributed by atoms with Gasteiger partial charge < -0.3 is 4.90 Å². The van der Waals surface area contributed by atoms with E-state index in [4.69, 9.17) is 0 Å². The number of carbonyl (C=O) groups excluding carboxylic acids is 1. The van der Waals surface area contributed by atoms with E-state index in [2.05, 4.69) is 9.62 Å². The molecule has 6 heteroatoms. The zero-order valence-electron chi connectivity index (χ0n) is 11.8. The van der Waals surface area contributed by atoms with Crippen LogP contribution in [0.4, 0.5) is 0 Å². The molecule has 0 aromatic heterocycles. The summed E-state index contributed by atoms with van der Waals surface area (Å²) in [6.07, 6.45) is 1.17. The van der Waals surface area contributed by atoms with Crippen molar-refractivity contribution in [1.82, 2.24) is 9.62 Å². The van der Waals surface area contributed by atoms with Gasteiger partial charge in [0.05, 0.1) is 4.90 Å². The van der Waals surface area contributed by atoms with Gasteiger partial charge in [0, 0.05) is 24.6 Å². The summed E-state index contributed by atoms with van der Waals surface area (Å²) < 4.78 is 27.3. The Kier molecular flexibility index (Phi) is 4.57. The van der Waals surface area contributed by atoms with Crippen molar-refractivity contribution in [3.8, 4) is 0 Å². The largest absolute Gasteiger partial charge is 0.305 e. The van der Waals surface area contributed by atoms with E-state index in [0.29, 0.717) is 18.5 Å². The number of carbonyl (C=O) groups is 1. The third-order valence-electron chi connectivity index (χ3n) is 3.50. The molecular weight excluding hydrogens is 276 g/mol. The van der Waals surface area contributed by atoms with Crippen molar-refractivity contribution in [3.05, 3.63) is 29.8 Å². The van der Waals surface area contributed by atoms with Crippen molar-refractivity contribution in [2.24, 2.45) is 0 Å². The van der Waals surface area contributed by atoms with Crippen molar-refractivity contribution >= 4 is 15.8 Å². The molecule has 1 unspecified atom stereocenters. The number of rotatable bonds is 5. The minimum Gasteiger partial charge on any atom is -0.305 e. The molecule has 5 nitrogen and oxygen atoms in total. The number of nitrogens with zero attached hydrogens (tertiary/aromatic N) is 1. The van der Waals surface area contributed by atoms with Crippen molar-refractivity contribution in [1.29, 1.82) is 0 Å². The van der Waals surface area contributed by atoms with Crippen LogP contribution in [-0.2, 0) is 10.0 Å². The van der Waals surface area contributed by atoms with Gasteiger partial charge in [0.2, 0.25) is 10.0 Å². The third kappa shape index (κ3) is 3.45. The van der Waals surface area contributed by atoms with Crippen LogP contribution in [0.5, 0.6) is 0 Å². The quantitative estimate of drug-likeness (QED) is 0.831. The molecule has 0 bridgehead atoms. The molecule has 0 radical (unpaired) electrons. The average molecular weight is 296 g/mol. The smallest absolute Gasteiger partial charge is 0.240 e. The lowest BCUT2D eigenvalue weighted by Crippen LogP contribution is -2.36. The molecule has 1 aliphatic heterocycles. The fraction of sp³-hybridized carbons (Fsp3) is 0.500. The van der Waals surface area contributed by atoms with Gasteiger partial charge in [-0.3, -0.25) is 4.79 Å². The Balaban J connectivity index is 2.19. The molecule has 1 heterocycles. The number of Topliss-reactive ketones (excluding diaryl/α,β-unsaturated/α-hetero) is 1. The minimum absolute atomic E-state index is 0.0531. The van der Waals surface area contributed by atoms with E-state index in [-0.39, 0.29) is 16.7 Å². The molecular formula is C14H20N2O3S. The lowest BCUT2D eigenvalue weighted by Gasteiger charge is -2.13. The average Bonchev–Trinajstić information content (AvgIpc) is 2.82. The number of likely N-dealkylation sites (tertiary alicyclic amines) is 1. The molecule has 1 aromatic rings. The molecule has 0 amide bonds. The first kappa shape index (κ1) is 15.2. The van der Waals surface area contributed by atoms with E-state index in [9.17, 15) is 13.2 Å². The van der Waals surface area contributed by atoms with E-state index in [1.165, 1.54) is 12.1 Å². The van der Waals surface area contributed by atoms with Gasteiger partial charge in [-0.1, -0.05) is 19.1 Å². The van der Waals surface area contributed by atoms with E-state index in [0.717, 1.165) is 13.0 Å². The summed E-state index contributed by atoms with van der Waals surface area (Å²) in [4.78, 5) is 13.9. The highest BCUT2D eigenvalue weighted by atomic mass is 32.2. The van der Waals surface area contributed by atoms with Crippen LogP contribution in [0.15, 0.2) is 29.2 Å². The zero-order chi connectivity index (χ0) is 14.8. The van der Waals surface area contributed by atoms with Gasteiger partial charge in [-0.15, -0.1) is 0 Å². The van der Waals surface area contributed by atoms with Gasteiger partial charge >= 0.3 is 0 Å². The first-order chi connectivity index (χ1) is 9.42. The SMILES string of the molecule is CCC(=O)c1cccc(S(=O)(=O)NC2CCN(C)C2)c1. The first-order valence-corrected chi connectivity index (χ1v) is 8.25. The van der Waals surface area contributed by atoms with Gasteiger partial charge in [0.25, 0.3) is 0 Å². The molecule has 1 fully saturated rings. The number of hydrogen-bond donors (Lipinski definition) is 1. The predicted molar refractivity (Wildman–Crippen MR) is 77.3 cm³/mol. The Bertz CT molecular complexity index is 598. The second-order valence-electron chi connectivity index (χ2n) is 5.17. The first-order valence-electron chi connectivity index (χ1n) is 6.76. The van der Waals surface area contributed by atoms with Crippen molar-refractivity contribution in [2.45, 2.75) is 30.7 Å². The Morgan fingerprint density at radius 3 is 2.80 bits per heavy atom. The molecule has 2 rings (SSSR count). The highest BCUT2D eigenvalue weighted by molar-refractivity contribution is 7.89. The fourth-order valence-electron chi connectivity index (χ4n) is 2.36. The van der Waals surface area contributed by atoms with Gasteiger partial charge in [-0.25, -0.2) is 13.1 Å². The number of hydrogen-bond acceptors (Lipinski definition) is 4. The maximum Gasteiger partial charge on any atom is 0.240 e. The summed E-state index contributed by atoms with van der Waals surface area (Å²) in [5.41, 5.74) is 0.443. The van der Waals surface area contributed by atoms with Crippen LogP contribution in [-0.4, -0.2) is 45.3 Å². The second-order valence-corrected chi connectivity index (χ2v) is 6.89. The van der Waals surface area contributed by atoms with E-state index in [1.807, 2.05) is 7.05 Å². The number of ketones is 1. The van der Waals surface area contributed by atoms with Gasteiger partial charge in [-0.05, 0) is 32.1 Å². The molecule has 1 saturated heterocycles. The molecule has 1 atom stereocenters. The lowest BCUT2D eigenvalue weighted by molar-refractivity contribution is 0.0988. The van der Waals surface area contributed by atoms with Gasteiger partial charge in [0.15, 0.2) is 5.78 Å². The standard InChI is InChI=1S/C14H20N2O3S/c1-3-14(17)11-5-4-6-13(9-11)20(18,19)15-12-7-8-16(2)10-12/h4-6,9,12,15H,3,7-8,10H2,1-2H3. The number of benzene rings is 1. The molecule has 1 N–H and O–H groups in total. The lowest BCUT2D eigenvalue weighted by atomic mass is 10.1. The summed E-state index contributed by atoms with van der Waals surface area (Å²) >= 11 is 0. The highest BCUT2D eigenvalue weighted by Gasteiger charge is 2.25. The van der Waals surface area contributed by atoms with Crippen molar-refractivity contribution < 1.29 is 13.2 Å². The number of nitrogens with one attached hydrogen (secondary N) is 1. The Labute approximate surface area is 120 Å².